The molecule has 3 heteroatoms. The lowest BCUT2D eigenvalue weighted by atomic mass is 10.2. The molecular weight excluding hydrogens is 250 g/mol. The molecule has 0 aliphatic heterocycles. The summed E-state index contributed by atoms with van der Waals surface area (Å²) >= 11 is 1.65. The number of halogens is 2. The molecule has 0 saturated carbocycles. The van der Waals surface area contributed by atoms with Crippen molar-refractivity contribution in [3.8, 4) is 11.8 Å². The monoisotopic (exact) mass is 260 g/mol. The first-order valence-electron chi connectivity index (χ1n) is 5.29. The average Bonchev–Trinajstić information content (AvgIpc) is 2.36. The molecule has 0 radical (unpaired) electrons. The molecule has 0 amide bonds. The number of rotatable bonds is 1. The fourth-order valence-electron chi connectivity index (χ4n) is 1.44. The predicted molar refractivity (Wildman–Crippen MR) is 70.6 cm³/mol. The Morgan fingerprint density at radius 2 is 1.39 bits per heavy atom. The Balaban J connectivity index is 2.25. The second-order valence-corrected chi connectivity index (χ2v) is 4.52. The summed E-state index contributed by atoms with van der Waals surface area (Å²) in [6.45, 7) is 0. The van der Waals surface area contributed by atoms with E-state index in [4.69, 9.17) is 0 Å². The van der Waals surface area contributed by atoms with Gasteiger partial charge < -0.3 is 0 Å². The van der Waals surface area contributed by atoms with Crippen molar-refractivity contribution >= 4 is 11.8 Å². The fourth-order valence-corrected chi connectivity index (χ4v) is 1.85. The number of hydrogen-bond acceptors (Lipinski definition) is 1. The van der Waals surface area contributed by atoms with Gasteiger partial charge in [0.25, 0.3) is 0 Å². The van der Waals surface area contributed by atoms with Crippen LogP contribution < -0.4 is 0 Å². The standard InChI is InChI=1S/C15H10F2S/c1-18-15-6-4-11(5-7-15)2-3-12-8-13(16)10-14(17)9-12/h4-10H,1H3. The molecular formula is C15H10F2S. The summed E-state index contributed by atoms with van der Waals surface area (Å²) in [4.78, 5) is 1.15. The van der Waals surface area contributed by atoms with E-state index in [1.165, 1.54) is 12.1 Å². The van der Waals surface area contributed by atoms with Gasteiger partial charge in [-0.25, -0.2) is 8.78 Å². The van der Waals surface area contributed by atoms with Crippen LogP contribution in [0.4, 0.5) is 8.78 Å². The molecule has 0 N–H and O–H groups in total. The summed E-state index contributed by atoms with van der Waals surface area (Å²) in [6, 6.07) is 10.9. The first-order valence-corrected chi connectivity index (χ1v) is 6.52. The van der Waals surface area contributed by atoms with Crippen molar-refractivity contribution in [2.24, 2.45) is 0 Å². The van der Waals surface area contributed by atoms with Crippen LogP contribution in [0.25, 0.3) is 0 Å². The largest absolute Gasteiger partial charge is 0.207 e. The van der Waals surface area contributed by atoms with E-state index >= 15 is 0 Å². The van der Waals surface area contributed by atoms with E-state index in [9.17, 15) is 8.78 Å². The summed E-state index contributed by atoms with van der Waals surface area (Å²) in [7, 11) is 0. The maximum absolute atomic E-state index is 12.9. The van der Waals surface area contributed by atoms with Crippen molar-refractivity contribution in [1.29, 1.82) is 0 Å². The maximum Gasteiger partial charge on any atom is 0.127 e. The average molecular weight is 260 g/mol. The molecule has 0 heterocycles. The molecule has 90 valence electrons. The van der Waals surface area contributed by atoms with Gasteiger partial charge in [0.1, 0.15) is 11.6 Å². The molecule has 0 aliphatic carbocycles. The van der Waals surface area contributed by atoms with E-state index in [0.29, 0.717) is 5.56 Å². The van der Waals surface area contributed by atoms with Gasteiger partial charge >= 0.3 is 0 Å². The Morgan fingerprint density at radius 1 is 0.833 bits per heavy atom. The van der Waals surface area contributed by atoms with Gasteiger partial charge in [0.05, 0.1) is 0 Å². The predicted octanol–water partition coefficient (Wildman–Crippen LogP) is 4.09. The second kappa shape index (κ2) is 5.70. The number of thioether (sulfide) groups is 1. The van der Waals surface area contributed by atoms with Crippen LogP contribution in [0.5, 0.6) is 0 Å². The molecule has 2 aromatic rings. The third kappa shape index (κ3) is 3.35. The van der Waals surface area contributed by atoms with E-state index in [-0.39, 0.29) is 0 Å². The molecule has 0 saturated heterocycles. The zero-order valence-electron chi connectivity index (χ0n) is 9.71. The van der Waals surface area contributed by atoms with Crippen molar-refractivity contribution in [2.75, 3.05) is 6.26 Å². The Labute approximate surface area is 109 Å². The molecule has 0 nitrogen and oxygen atoms in total. The van der Waals surface area contributed by atoms with Gasteiger partial charge in [0.2, 0.25) is 0 Å². The van der Waals surface area contributed by atoms with Crippen molar-refractivity contribution in [3.05, 3.63) is 65.2 Å². The SMILES string of the molecule is CSc1ccc(C#Cc2cc(F)cc(F)c2)cc1. The molecule has 0 unspecified atom stereocenters. The van der Waals surface area contributed by atoms with Gasteiger partial charge in [-0.15, -0.1) is 11.8 Å². The lowest BCUT2D eigenvalue weighted by molar-refractivity contribution is 0.582. The molecule has 2 rings (SSSR count). The fraction of sp³-hybridized carbons (Fsp3) is 0.0667. The molecule has 0 aromatic heterocycles. The minimum atomic E-state index is -0.614. The van der Waals surface area contributed by atoms with Crippen LogP contribution in [-0.4, -0.2) is 6.26 Å². The van der Waals surface area contributed by atoms with Crippen molar-refractivity contribution < 1.29 is 8.78 Å². The van der Waals surface area contributed by atoms with E-state index in [1.807, 2.05) is 30.5 Å². The van der Waals surface area contributed by atoms with Crippen LogP contribution >= 0.6 is 11.8 Å². The smallest absolute Gasteiger partial charge is 0.127 e. The van der Waals surface area contributed by atoms with Crippen LogP contribution in [0.3, 0.4) is 0 Å². The first-order chi connectivity index (χ1) is 8.67. The van der Waals surface area contributed by atoms with Gasteiger partial charge in [-0.2, -0.15) is 0 Å². The van der Waals surface area contributed by atoms with E-state index < -0.39 is 11.6 Å². The summed E-state index contributed by atoms with van der Waals surface area (Å²) in [6.07, 6.45) is 2.00. The molecule has 2 aromatic carbocycles. The minimum absolute atomic E-state index is 0.335. The van der Waals surface area contributed by atoms with Crippen molar-refractivity contribution in [2.45, 2.75) is 4.90 Å². The minimum Gasteiger partial charge on any atom is -0.207 e. The Bertz CT molecular complexity index is 586. The van der Waals surface area contributed by atoms with Crippen LogP contribution in [0.1, 0.15) is 11.1 Å². The molecule has 0 fully saturated rings. The van der Waals surface area contributed by atoms with Crippen LogP contribution in [0, 0.1) is 23.5 Å². The lowest BCUT2D eigenvalue weighted by Crippen LogP contribution is -1.83. The van der Waals surface area contributed by atoms with Gasteiger partial charge in [-0.05, 0) is 42.7 Å². The van der Waals surface area contributed by atoms with E-state index in [2.05, 4.69) is 11.8 Å². The summed E-state index contributed by atoms with van der Waals surface area (Å²) < 4.78 is 25.9. The van der Waals surface area contributed by atoms with Gasteiger partial charge in [0.15, 0.2) is 0 Å². The molecule has 0 bridgehead atoms. The highest BCUT2D eigenvalue weighted by Gasteiger charge is 1.97. The molecule has 0 aliphatic rings. The Hall–Kier alpha value is -1.79. The highest BCUT2D eigenvalue weighted by Crippen LogP contribution is 2.14. The van der Waals surface area contributed by atoms with Crippen molar-refractivity contribution in [3.63, 3.8) is 0 Å². The number of hydrogen-bond donors (Lipinski definition) is 0. The van der Waals surface area contributed by atoms with Gasteiger partial charge in [-0.3, -0.25) is 0 Å². The topological polar surface area (TPSA) is 0 Å². The van der Waals surface area contributed by atoms with Gasteiger partial charge in [-0.1, -0.05) is 11.8 Å². The normalized spacial score (nSPS) is 9.72. The second-order valence-electron chi connectivity index (χ2n) is 3.64. The first kappa shape index (κ1) is 12.7. The Morgan fingerprint density at radius 3 is 1.94 bits per heavy atom. The quantitative estimate of drug-likeness (QED) is 0.550. The zero-order chi connectivity index (χ0) is 13.0. The Kier molecular flexibility index (Phi) is 4.01. The maximum atomic E-state index is 12.9. The van der Waals surface area contributed by atoms with Crippen LogP contribution in [0.2, 0.25) is 0 Å². The van der Waals surface area contributed by atoms with E-state index in [0.717, 1.165) is 16.5 Å². The lowest BCUT2D eigenvalue weighted by Gasteiger charge is -1.95. The zero-order valence-corrected chi connectivity index (χ0v) is 10.5. The van der Waals surface area contributed by atoms with Gasteiger partial charge in [0, 0.05) is 22.1 Å². The highest BCUT2D eigenvalue weighted by atomic mass is 32.2. The van der Waals surface area contributed by atoms with Crippen molar-refractivity contribution in [1.82, 2.24) is 0 Å². The molecule has 0 atom stereocenters. The summed E-state index contributed by atoms with van der Waals surface area (Å²) in [5.41, 5.74) is 1.15. The number of benzene rings is 2. The van der Waals surface area contributed by atoms with E-state index in [1.54, 1.807) is 11.8 Å². The summed E-state index contributed by atoms with van der Waals surface area (Å²) in [5, 5.41) is 0. The third-order valence-corrected chi connectivity index (χ3v) is 3.05. The van der Waals surface area contributed by atoms with Crippen LogP contribution in [0.15, 0.2) is 47.4 Å². The summed E-state index contributed by atoms with van der Waals surface area (Å²) in [5.74, 6) is 4.39. The molecule has 0 spiro atoms. The van der Waals surface area contributed by atoms with Crippen LogP contribution in [-0.2, 0) is 0 Å². The third-order valence-electron chi connectivity index (χ3n) is 2.30. The highest BCUT2D eigenvalue weighted by molar-refractivity contribution is 7.98. The molecule has 18 heavy (non-hydrogen) atoms.